The lowest BCUT2D eigenvalue weighted by atomic mass is 10.1. The molecule has 0 N–H and O–H groups in total. The molecule has 0 atom stereocenters. The van der Waals surface area contributed by atoms with Gasteiger partial charge in [0.25, 0.3) is 0 Å². The minimum Gasteiger partial charge on any atom is -0.293 e. The molecule has 0 unspecified atom stereocenters. The summed E-state index contributed by atoms with van der Waals surface area (Å²) < 4.78 is 0.797. The minimum absolute atomic E-state index is 0.0232. The summed E-state index contributed by atoms with van der Waals surface area (Å²) in [6, 6.07) is 7.25. The first kappa shape index (κ1) is 9.02. The molecule has 60 valence electrons. The fraction of sp³-hybridized carbons (Fsp3) is 0.100. The Balaban J connectivity index is 2.97. The maximum absolute atomic E-state index is 11.3. The maximum atomic E-state index is 11.3. The van der Waals surface area contributed by atoms with Gasteiger partial charge in [0, 0.05) is 10.0 Å². The van der Waals surface area contributed by atoms with Gasteiger partial charge < -0.3 is 0 Å². The van der Waals surface area contributed by atoms with E-state index in [9.17, 15) is 4.79 Å². The molecule has 0 spiro atoms. The van der Waals surface area contributed by atoms with Gasteiger partial charge >= 0.3 is 0 Å². The van der Waals surface area contributed by atoms with Crippen LogP contribution in [-0.2, 0) is 0 Å². The molecular formula is C10H7BrO. The van der Waals surface area contributed by atoms with Crippen LogP contribution in [-0.4, -0.2) is 5.78 Å². The number of Topliss-reactive ketones (excluding diaryl/α,β-unsaturated/α-hetero) is 1. The molecule has 12 heavy (non-hydrogen) atoms. The van der Waals surface area contributed by atoms with Crippen molar-refractivity contribution in [1.29, 1.82) is 0 Å². The van der Waals surface area contributed by atoms with Gasteiger partial charge in [0.1, 0.15) is 0 Å². The summed E-state index contributed by atoms with van der Waals surface area (Å²) in [5.41, 5.74) is 0.649. The Labute approximate surface area is 79.9 Å². The summed E-state index contributed by atoms with van der Waals surface area (Å²) in [5, 5.41) is 0. The largest absolute Gasteiger partial charge is 0.293 e. The summed E-state index contributed by atoms with van der Waals surface area (Å²) in [7, 11) is 0. The molecule has 0 saturated heterocycles. The Kier molecular flexibility index (Phi) is 3.07. The molecule has 0 radical (unpaired) electrons. The number of rotatable bonds is 2. The van der Waals surface area contributed by atoms with E-state index in [-0.39, 0.29) is 12.2 Å². The highest BCUT2D eigenvalue weighted by atomic mass is 79.9. The zero-order valence-corrected chi connectivity index (χ0v) is 7.97. The topological polar surface area (TPSA) is 17.1 Å². The van der Waals surface area contributed by atoms with Crippen LogP contribution in [0.2, 0.25) is 0 Å². The fourth-order valence-corrected chi connectivity index (χ4v) is 1.38. The highest BCUT2D eigenvalue weighted by Gasteiger charge is 2.06. The molecule has 0 heterocycles. The van der Waals surface area contributed by atoms with E-state index in [1.807, 2.05) is 18.2 Å². The smallest absolute Gasteiger partial charge is 0.175 e. The number of carbonyl (C=O) groups is 1. The SMILES string of the molecule is C#CCC(=O)c1ccccc1Br. The van der Waals surface area contributed by atoms with Crippen LogP contribution < -0.4 is 0 Å². The molecule has 2 heteroatoms. The minimum atomic E-state index is -0.0232. The summed E-state index contributed by atoms with van der Waals surface area (Å²) in [5.74, 6) is 2.30. The van der Waals surface area contributed by atoms with Crippen molar-refractivity contribution in [3.05, 3.63) is 34.3 Å². The standard InChI is InChI=1S/C10H7BrO/c1-2-5-10(12)8-6-3-4-7-9(8)11/h1,3-4,6-7H,5H2. The predicted molar refractivity (Wildman–Crippen MR) is 51.9 cm³/mol. The third-order valence-corrected chi connectivity index (χ3v) is 2.13. The van der Waals surface area contributed by atoms with Crippen LogP contribution >= 0.6 is 15.9 Å². The number of hydrogen-bond donors (Lipinski definition) is 0. The van der Waals surface area contributed by atoms with E-state index in [1.165, 1.54) is 0 Å². The van der Waals surface area contributed by atoms with Crippen LogP contribution in [0.25, 0.3) is 0 Å². The summed E-state index contributed by atoms with van der Waals surface area (Å²) in [6.45, 7) is 0. The maximum Gasteiger partial charge on any atom is 0.175 e. The second-order valence-electron chi connectivity index (χ2n) is 2.28. The summed E-state index contributed by atoms with van der Waals surface area (Å²) >= 11 is 3.28. The van der Waals surface area contributed by atoms with E-state index < -0.39 is 0 Å². The van der Waals surface area contributed by atoms with Crippen molar-refractivity contribution in [1.82, 2.24) is 0 Å². The van der Waals surface area contributed by atoms with Crippen LogP contribution in [0.5, 0.6) is 0 Å². The lowest BCUT2D eigenvalue weighted by Gasteiger charge is -1.98. The molecule has 1 nitrogen and oxygen atoms in total. The monoisotopic (exact) mass is 222 g/mol. The average Bonchev–Trinajstić information content (AvgIpc) is 2.05. The molecule has 0 aliphatic rings. The van der Waals surface area contributed by atoms with Gasteiger partial charge in [-0.25, -0.2) is 0 Å². The quantitative estimate of drug-likeness (QED) is 0.556. The molecule has 0 saturated carbocycles. The van der Waals surface area contributed by atoms with Crippen LogP contribution in [0, 0.1) is 12.3 Å². The van der Waals surface area contributed by atoms with Gasteiger partial charge in [-0.2, -0.15) is 0 Å². The molecule has 0 aliphatic heterocycles. The van der Waals surface area contributed by atoms with Crippen molar-refractivity contribution >= 4 is 21.7 Å². The highest BCUT2D eigenvalue weighted by molar-refractivity contribution is 9.10. The first-order valence-electron chi connectivity index (χ1n) is 3.47. The van der Waals surface area contributed by atoms with E-state index >= 15 is 0 Å². The second kappa shape index (κ2) is 4.08. The van der Waals surface area contributed by atoms with Gasteiger partial charge in [0.15, 0.2) is 5.78 Å². The number of carbonyl (C=O) groups excluding carboxylic acids is 1. The van der Waals surface area contributed by atoms with Gasteiger partial charge in [0.05, 0.1) is 6.42 Å². The number of benzene rings is 1. The predicted octanol–water partition coefficient (Wildman–Crippen LogP) is 2.66. The molecule has 0 bridgehead atoms. The second-order valence-corrected chi connectivity index (χ2v) is 3.14. The van der Waals surface area contributed by atoms with Crippen LogP contribution in [0.15, 0.2) is 28.7 Å². The third-order valence-electron chi connectivity index (χ3n) is 1.44. The number of terminal acetylenes is 1. The number of hydrogen-bond acceptors (Lipinski definition) is 1. The lowest BCUT2D eigenvalue weighted by molar-refractivity contribution is 0.0997. The lowest BCUT2D eigenvalue weighted by Crippen LogP contribution is -1.97. The van der Waals surface area contributed by atoms with Crippen LogP contribution in [0.4, 0.5) is 0 Å². The molecule has 0 aliphatic carbocycles. The summed E-state index contributed by atoms with van der Waals surface area (Å²) in [4.78, 5) is 11.3. The molecule has 1 aromatic rings. The normalized spacial score (nSPS) is 9.00. The van der Waals surface area contributed by atoms with Crippen molar-refractivity contribution < 1.29 is 4.79 Å². The van der Waals surface area contributed by atoms with Gasteiger partial charge in [-0.3, -0.25) is 4.79 Å². The van der Waals surface area contributed by atoms with E-state index in [4.69, 9.17) is 6.42 Å². The Morgan fingerprint density at radius 1 is 1.50 bits per heavy atom. The van der Waals surface area contributed by atoms with E-state index in [1.54, 1.807) is 6.07 Å². The first-order chi connectivity index (χ1) is 5.75. The first-order valence-corrected chi connectivity index (χ1v) is 4.26. The van der Waals surface area contributed by atoms with Crippen molar-refractivity contribution in [2.75, 3.05) is 0 Å². The number of halogens is 1. The van der Waals surface area contributed by atoms with E-state index in [0.29, 0.717) is 5.56 Å². The Morgan fingerprint density at radius 2 is 2.17 bits per heavy atom. The Morgan fingerprint density at radius 3 is 2.75 bits per heavy atom. The highest BCUT2D eigenvalue weighted by Crippen LogP contribution is 2.16. The number of ketones is 1. The van der Waals surface area contributed by atoms with Gasteiger partial charge in [-0.1, -0.05) is 40.0 Å². The zero-order chi connectivity index (χ0) is 8.97. The molecule has 0 aromatic heterocycles. The average molecular weight is 223 g/mol. The van der Waals surface area contributed by atoms with Crippen molar-refractivity contribution in [2.24, 2.45) is 0 Å². The van der Waals surface area contributed by atoms with E-state index in [2.05, 4.69) is 21.9 Å². The van der Waals surface area contributed by atoms with Crippen LogP contribution in [0.3, 0.4) is 0 Å². The summed E-state index contributed by atoms with van der Waals surface area (Å²) in [6.07, 6.45) is 5.19. The Hall–Kier alpha value is -1.07. The molecule has 1 aromatic carbocycles. The molecule has 0 fully saturated rings. The van der Waals surface area contributed by atoms with Crippen molar-refractivity contribution in [3.8, 4) is 12.3 Å². The zero-order valence-electron chi connectivity index (χ0n) is 6.38. The van der Waals surface area contributed by atoms with E-state index in [0.717, 1.165) is 4.47 Å². The molecule has 0 amide bonds. The molecular weight excluding hydrogens is 216 g/mol. The fourth-order valence-electron chi connectivity index (χ4n) is 0.875. The van der Waals surface area contributed by atoms with Crippen molar-refractivity contribution in [2.45, 2.75) is 6.42 Å². The molecule has 1 rings (SSSR count). The third kappa shape index (κ3) is 1.96. The van der Waals surface area contributed by atoms with Gasteiger partial charge in [-0.15, -0.1) is 6.42 Å². The Bertz CT molecular complexity index is 336. The van der Waals surface area contributed by atoms with Crippen LogP contribution in [0.1, 0.15) is 16.8 Å². The van der Waals surface area contributed by atoms with Crippen molar-refractivity contribution in [3.63, 3.8) is 0 Å². The van der Waals surface area contributed by atoms with Gasteiger partial charge in [0.2, 0.25) is 0 Å². The van der Waals surface area contributed by atoms with Gasteiger partial charge in [-0.05, 0) is 6.07 Å².